The number of nitrogens with one attached hydrogen (secondary N) is 1. The number of nitrogens with zero attached hydrogens (tertiary/aromatic N) is 2. The molecule has 2 saturated heterocycles. The molecule has 3 atom stereocenters. The number of H-pyrrole nitrogens is 1. The van der Waals surface area contributed by atoms with Gasteiger partial charge in [-0.3, -0.25) is 4.57 Å². The van der Waals surface area contributed by atoms with E-state index in [0.29, 0.717) is 18.2 Å². The third-order valence-electron chi connectivity index (χ3n) is 4.11. The molecular weight excluding hydrogens is 246 g/mol. The number of pyridine rings is 1. The third kappa shape index (κ3) is 1.40. The molecule has 2 aliphatic rings. The Bertz CT molecular complexity index is 674. The monoisotopic (exact) mass is 261 g/mol. The summed E-state index contributed by atoms with van der Waals surface area (Å²) in [6, 6.07) is 4.42. The van der Waals surface area contributed by atoms with Crippen LogP contribution in [0.5, 0.6) is 0 Å². The molecule has 2 aromatic heterocycles. The summed E-state index contributed by atoms with van der Waals surface area (Å²) in [5.41, 5.74) is 3.02. The summed E-state index contributed by atoms with van der Waals surface area (Å²) in [5, 5.41) is 0. The summed E-state index contributed by atoms with van der Waals surface area (Å²) in [7, 11) is 0. The molecule has 2 aliphatic heterocycles. The lowest BCUT2D eigenvalue weighted by atomic mass is 9.95. The quantitative estimate of drug-likeness (QED) is 0.803. The number of aryl methyl sites for hydroxylation is 1. The zero-order chi connectivity index (χ0) is 12.3. The zero-order valence-corrected chi connectivity index (χ0v) is 11.0. The van der Waals surface area contributed by atoms with E-state index in [1.807, 2.05) is 13.0 Å². The summed E-state index contributed by atoms with van der Waals surface area (Å²) in [4.78, 5) is 7.88. The van der Waals surface area contributed by atoms with Gasteiger partial charge in [0.2, 0.25) is 0 Å². The average Bonchev–Trinajstić information content (AvgIpc) is 3.01. The summed E-state index contributed by atoms with van der Waals surface area (Å²) in [5.74, 6) is 0. The van der Waals surface area contributed by atoms with E-state index in [4.69, 9.17) is 17.0 Å². The van der Waals surface area contributed by atoms with Crippen molar-refractivity contribution in [2.45, 2.75) is 44.4 Å². The Morgan fingerprint density at radius 1 is 1.44 bits per heavy atom. The third-order valence-corrected chi connectivity index (χ3v) is 4.41. The van der Waals surface area contributed by atoms with E-state index in [1.165, 1.54) is 6.42 Å². The van der Waals surface area contributed by atoms with Gasteiger partial charge in [-0.2, -0.15) is 0 Å². The second-order valence-electron chi connectivity index (χ2n) is 5.30. The number of hydrogen-bond donors (Lipinski definition) is 1. The molecule has 0 aromatic carbocycles. The first kappa shape index (κ1) is 10.7. The molecule has 3 unspecified atom stereocenters. The van der Waals surface area contributed by atoms with Gasteiger partial charge in [0.1, 0.15) is 0 Å². The van der Waals surface area contributed by atoms with Gasteiger partial charge < -0.3 is 9.72 Å². The highest BCUT2D eigenvalue weighted by molar-refractivity contribution is 7.71. The van der Waals surface area contributed by atoms with E-state index in [0.717, 1.165) is 34.5 Å². The Balaban J connectivity index is 1.91. The van der Waals surface area contributed by atoms with Gasteiger partial charge in [0.15, 0.2) is 10.4 Å². The zero-order valence-electron chi connectivity index (χ0n) is 10.2. The first-order valence-corrected chi connectivity index (χ1v) is 6.86. The highest BCUT2D eigenvalue weighted by atomic mass is 32.1. The maximum Gasteiger partial charge on any atom is 0.179 e. The molecule has 0 saturated carbocycles. The Labute approximate surface area is 110 Å². The van der Waals surface area contributed by atoms with E-state index in [-0.39, 0.29) is 0 Å². The molecule has 0 amide bonds. The molecule has 2 fully saturated rings. The lowest BCUT2D eigenvalue weighted by Gasteiger charge is -2.20. The van der Waals surface area contributed by atoms with Crippen LogP contribution in [0.1, 0.15) is 31.0 Å². The number of rotatable bonds is 1. The van der Waals surface area contributed by atoms with Gasteiger partial charge in [-0.25, -0.2) is 4.98 Å². The molecule has 5 heteroatoms. The molecule has 0 radical (unpaired) electrons. The van der Waals surface area contributed by atoms with Crippen molar-refractivity contribution in [1.82, 2.24) is 14.5 Å². The summed E-state index contributed by atoms with van der Waals surface area (Å²) >= 11 is 5.46. The molecule has 4 heterocycles. The smallest absolute Gasteiger partial charge is 0.179 e. The Hall–Kier alpha value is -1.20. The number of aromatic amines is 1. The van der Waals surface area contributed by atoms with Crippen LogP contribution in [0.4, 0.5) is 0 Å². The first-order valence-electron chi connectivity index (χ1n) is 6.46. The molecule has 94 valence electrons. The highest BCUT2D eigenvalue weighted by Gasteiger charge is 2.42. The molecule has 4 rings (SSSR count). The van der Waals surface area contributed by atoms with Crippen LogP contribution in [0.2, 0.25) is 0 Å². The molecule has 1 N–H and O–H groups in total. The first-order chi connectivity index (χ1) is 8.72. The van der Waals surface area contributed by atoms with Crippen molar-refractivity contribution < 1.29 is 4.74 Å². The van der Waals surface area contributed by atoms with Gasteiger partial charge in [-0.15, -0.1) is 0 Å². The molecule has 18 heavy (non-hydrogen) atoms. The fraction of sp³-hybridized carbons (Fsp3) is 0.538. The van der Waals surface area contributed by atoms with Crippen molar-refractivity contribution in [3.05, 3.63) is 22.6 Å². The lowest BCUT2D eigenvalue weighted by molar-refractivity contribution is 0.0941. The normalized spacial score (nSPS) is 30.4. The van der Waals surface area contributed by atoms with Gasteiger partial charge in [-0.1, -0.05) is 0 Å². The molecule has 0 aliphatic carbocycles. The van der Waals surface area contributed by atoms with Crippen molar-refractivity contribution in [3.63, 3.8) is 0 Å². The standard InChI is InChI=1S/C13H15N3OS/c1-7-2-4-9-12(14-7)16(13(18)15-9)10-6-8-3-5-11(10)17-8/h2,4,8,10-11H,3,5-6H2,1H3,(H,15,18). The minimum Gasteiger partial charge on any atom is -0.373 e. The minimum atomic E-state index is 0.322. The summed E-state index contributed by atoms with van der Waals surface area (Å²) < 4.78 is 8.87. The molecule has 0 spiro atoms. The number of fused-ring (bicyclic) bond motifs is 3. The van der Waals surface area contributed by atoms with Gasteiger partial charge in [0.05, 0.1) is 23.8 Å². The van der Waals surface area contributed by atoms with Gasteiger partial charge in [0, 0.05) is 5.69 Å². The van der Waals surface area contributed by atoms with Gasteiger partial charge >= 0.3 is 0 Å². The van der Waals surface area contributed by atoms with Crippen LogP contribution in [-0.4, -0.2) is 26.7 Å². The number of hydrogen-bond acceptors (Lipinski definition) is 3. The van der Waals surface area contributed by atoms with Crippen molar-refractivity contribution in [3.8, 4) is 0 Å². The molecule has 2 aromatic rings. The van der Waals surface area contributed by atoms with Crippen molar-refractivity contribution >= 4 is 23.4 Å². The van der Waals surface area contributed by atoms with E-state index in [2.05, 4.69) is 20.6 Å². The maximum atomic E-state index is 5.93. The topological polar surface area (TPSA) is 42.8 Å². The molecular formula is C13H15N3OS. The van der Waals surface area contributed by atoms with Crippen LogP contribution < -0.4 is 0 Å². The minimum absolute atomic E-state index is 0.322. The molecule has 2 bridgehead atoms. The maximum absolute atomic E-state index is 5.93. The van der Waals surface area contributed by atoms with E-state index in [9.17, 15) is 0 Å². The summed E-state index contributed by atoms with van der Waals surface area (Å²) in [6.45, 7) is 2.01. The van der Waals surface area contributed by atoms with E-state index in [1.54, 1.807) is 0 Å². The second kappa shape index (κ2) is 3.65. The molecule has 4 nitrogen and oxygen atoms in total. The van der Waals surface area contributed by atoms with Gasteiger partial charge in [-0.05, 0) is 50.5 Å². The van der Waals surface area contributed by atoms with Crippen molar-refractivity contribution in [1.29, 1.82) is 0 Å². The lowest BCUT2D eigenvalue weighted by Crippen LogP contribution is -2.21. The van der Waals surface area contributed by atoms with Crippen LogP contribution in [0.3, 0.4) is 0 Å². The number of aromatic nitrogens is 3. The highest BCUT2D eigenvalue weighted by Crippen LogP contribution is 2.42. The van der Waals surface area contributed by atoms with E-state index < -0.39 is 0 Å². The van der Waals surface area contributed by atoms with Gasteiger partial charge in [0.25, 0.3) is 0 Å². The predicted octanol–water partition coefficient (Wildman–Crippen LogP) is 2.89. The Morgan fingerprint density at radius 3 is 3.06 bits per heavy atom. The number of imidazole rings is 1. The van der Waals surface area contributed by atoms with E-state index >= 15 is 0 Å². The summed E-state index contributed by atoms with van der Waals surface area (Å²) in [6.07, 6.45) is 4.17. The largest absolute Gasteiger partial charge is 0.373 e. The fourth-order valence-corrected chi connectivity index (χ4v) is 3.62. The number of ether oxygens (including phenoxy) is 1. The SMILES string of the molecule is Cc1ccc2[nH]c(=S)n(C3CC4CCC3O4)c2n1. The van der Waals surface area contributed by atoms with Crippen molar-refractivity contribution in [2.75, 3.05) is 0 Å². The van der Waals surface area contributed by atoms with Crippen LogP contribution in [0, 0.1) is 11.7 Å². The van der Waals surface area contributed by atoms with Crippen LogP contribution >= 0.6 is 12.2 Å². The fourth-order valence-electron chi connectivity index (χ4n) is 3.29. The Morgan fingerprint density at radius 2 is 2.33 bits per heavy atom. The Kier molecular flexibility index (Phi) is 2.17. The van der Waals surface area contributed by atoms with Crippen LogP contribution in [0.15, 0.2) is 12.1 Å². The average molecular weight is 261 g/mol. The van der Waals surface area contributed by atoms with Crippen LogP contribution in [0.25, 0.3) is 11.2 Å². The predicted molar refractivity (Wildman–Crippen MR) is 71.2 cm³/mol. The van der Waals surface area contributed by atoms with Crippen molar-refractivity contribution in [2.24, 2.45) is 0 Å². The van der Waals surface area contributed by atoms with Crippen LogP contribution in [-0.2, 0) is 4.74 Å². The second-order valence-corrected chi connectivity index (χ2v) is 5.69.